The van der Waals surface area contributed by atoms with Crippen LogP contribution < -0.4 is 0 Å². The van der Waals surface area contributed by atoms with Gasteiger partial charge in [-0.15, -0.1) is 0 Å². The van der Waals surface area contributed by atoms with Gasteiger partial charge < -0.3 is 0 Å². The number of isocyanates is 1. The van der Waals surface area contributed by atoms with Crippen molar-refractivity contribution >= 4 is 6.08 Å². The van der Waals surface area contributed by atoms with Crippen molar-refractivity contribution in [1.29, 1.82) is 5.26 Å². The molecule has 12 heavy (non-hydrogen) atoms. The van der Waals surface area contributed by atoms with Gasteiger partial charge in [0, 0.05) is 0 Å². The van der Waals surface area contributed by atoms with E-state index in [2.05, 4.69) is 11.1 Å². The van der Waals surface area contributed by atoms with E-state index in [1.54, 1.807) is 0 Å². The van der Waals surface area contributed by atoms with E-state index in [0.29, 0.717) is 0 Å². The highest BCUT2D eigenvalue weighted by Crippen LogP contribution is 2.22. The summed E-state index contributed by atoms with van der Waals surface area (Å²) in [4.78, 5) is 13.4. The van der Waals surface area contributed by atoms with Gasteiger partial charge in [-0.3, -0.25) is 0 Å². The molecule has 0 fully saturated rings. The Morgan fingerprint density at radius 1 is 1.58 bits per heavy atom. The molecule has 62 valence electrons. The Morgan fingerprint density at radius 2 is 2.42 bits per heavy atom. The molecule has 0 radical (unpaired) electrons. The summed E-state index contributed by atoms with van der Waals surface area (Å²) in [5.74, 6) is 0.210. The summed E-state index contributed by atoms with van der Waals surface area (Å²) in [6, 6.07) is 1.52. The van der Waals surface area contributed by atoms with Crippen molar-refractivity contribution in [3.8, 4) is 6.07 Å². The van der Waals surface area contributed by atoms with Crippen LogP contribution in [-0.2, 0) is 4.79 Å². The van der Waals surface area contributed by atoms with Crippen LogP contribution in [0.2, 0.25) is 0 Å². The normalized spacial score (nSPS) is 23.8. The van der Waals surface area contributed by atoms with Crippen LogP contribution in [0.4, 0.5) is 0 Å². The minimum absolute atomic E-state index is 0.210. The van der Waals surface area contributed by atoms with Gasteiger partial charge in [0.25, 0.3) is 0 Å². The van der Waals surface area contributed by atoms with Gasteiger partial charge in [-0.05, 0) is 25.2 Å². The van der Waals surface area contributed by atoms with Crippen molar-refractivity contribution in [3.05, 3.63) is 12.2 Å². The van der Waals surface area contributed by atoms with E-state index in [-0.39, 0.29) is 5.92 Å². The molecular weight excluding hydrogens is 152 g/mol. The standard InChI is InChI=1S/C9H10N2O/c10-6-9(11-7-12)8-4-2-1-3-5-8/h1-2,8-9H,3-5H2. The van der Waals surface area contributed by atoms with Crippen molar-refractivity contribution in [1.82, 2.24) is 0 Å². The first-order valence-electron chi connectivity index (χ1n) is 4.00. The second-order valence-corrected chi connectivity index (χ2v) is 2.84. The second-order valence-electron chi connectivity index (χ2n) is 2.84. The SMILES string of the molecule is N#CC(N=C=O)C1CC=CCC1. The van der Waals surface area contributed by atoms with Gasteiger partial charge in [0.2, 0.25) is 6.08 Å². The Bertz CT molecular complexity index is 258. The highest BCUT2D eigenvalue weighted by atomic mass is 16.1. The molecule has 1 aliphatic carbocycles. The number of hydrogen-bond donors (Lipinski definition) is 0. The van der Waals surface area contributed by atoms with Gasteiger partial charge in [-0.25, -0.2) is 4.79 Å². The molecule has 2 unspecified atom stereocenters. The maximum atomic E-state index is 9.96. The van der Waals surface area contributed by atoms with Gasteiger partial charge in [-0.1, -0.05) is 12.2 Å². The van der Waals surface area contributed by atoms with Crippen LogP contribution in [0.3, 0.4) is 0 Å². The van der Waals surface area contributed by atoms with Crippen molar-refractivity contribution in [3.63, 3.8) is 0 Å². The van der Waals surface area contributed by atoms with E-state index in [4.69, 9.17) is 5.26 Å². The Hall–Kier alpha value is -1.39. The van der Waals surface area contributed by atoms with Gasteiger partial charge >= 0.3 is 0 Å². The molecule has 0 aromatic heterocycles. The van der Waals surface area contributed by atoms with Crippen LogP contribution >= 0.6 is 0 Å². The Balaban J connectivity index is 2.60. The van der Waals surface area contributed by atoms with Crippen LogP contribution in [0.5, 0.6) is 0 Å². The molecule has 1 aliphatic rings. The van der Waals surface area contributed by atoms with Crippen LogP contribution in [0, 0.1) is 17.2 Å². The fourth-order valence-electron chi connectivity index (χ4n) is 1.40. The van der Waals surface area contributed by atoms with Crippen molar-refractivity contribution in [2.45, 2.75) is 25.3 Å². The predicted molar refractivity (Wildman–Crippen MR) is 44.0 cm³/mol. The first-order valence-corrected chi connectivity index (χ1v) is 4.00. The van der Waals surface area contributed by atoms with E-state index >= 15 is 0 Å². The molecule has 0 saturated carbocycles. The fourth-order valence-corrected chi connectivity index (χ4v) is 1.40. The predicted octanol–water partition coefficient (Wildman–Crippen LogP) is 1.57. The van der Waals surface area contributed by atoms with E-state index in [1.807, 2.05) is 12.1 Å². The summed E-state index contributed by atoms with van der Waals surface area (Å²) in [5, 5.41) is 8.66. The van der Waals surface area contributed by atoms with Crippen LogP contribution in [-0.4, -0.2) is 12.1 Å². The third-order valence-electron chi connectivity index (χ3n) is 2.08. The molecule has 0 heterocycles. The van der Waals surface area contributed by atoms with Crippen LogP contribution in [0.25, 0.3) is 0 Å². The molecule has 0 aromatic carbocycles. The van der Waals surface area contributed by atoms with E-state index in [0.717, 1.165) is 19.3 Å². The summed E-state index contributed by atoms with van der Waals surface area (Å²) in [7, 11) is 0. The Labute approximate surface area is 71.4 Å². The van der Waals surface area contributed by atoms with Crippen molar-refractivity contribution in [2.75, 3.05) is 0 Å². The molecule has 0 spiro atoms. The number of carbonyl (C=O) groups excluding carboxylic acids is 1. The molecule has 1 rings (SSSR count). The lowest BCUT2D eigenvalue weighted by Gasteiger charge is -2.18. The minimum atomic E-state index is -0.493. The highest BCUT2D eigenvalue weighted by Gasteiger charge is 2.20. The molecular formula is C9H10N2O. The van der Waals surface area contributed by atoms with E-state index < -0.39 is 6.04 Å². The highest BCUT2D eigenvalue weighted by molar-refractivity contribution is 5.35. The average molecular weight is 162 g/mol. The van der Waals surface area contributed by atoms with Crippen LogP contribution in [0.1, 0.15) is 19.3 Å². The van der Waals surface area contributed by atoms with Gasteiger partial charge in [0.1, 0.15) is 0 Å². The fraction of sp³-hybridized carbons (Fsp3) is 0.556. The molecule has 2 atom stereocenters. The topological polar surface area (TPSA) is 53.2 Å². The lowest BCUT2D eigenvalue weighted by atomic mass is 9.89. The quantitative estimate of drug-likeness (QED) is 0.351. The number of rotatable bonds is 2. The monoisotopic (exact) mass is 162 g/mol. The molecule has 0 bridgehead atoms. The molecule has 0 aliphatic heterocycles. The summed E-state index contributed by atoms with van der Waals surface area (Å²) < 4.78 is 0. The Kier molecular flexibility index (Phi) is 3.25. The zero-order valence-electron chi connectivity index (χ0n) is 6.73. The maximum absolute atomic E-state index is 9.96. The number of allylic oxidation sites excluding steroid dienone is 2. The zero-order chi connectivity index (χ0) is 8.81. The maximum Gasteiger partial charge on any atom is 0.236 e. The molecule has 3 heteroatoms. The molecule has 3 nitrogen and oxygen atoms in total. The molecule has 0 saturated heterocycles. The van der Waals surface area contributed by atoms with E-state index in [1.165, 1.54) is 6.08 Å². The summed E-state index contributed by atoms with van der Waals surface area (Å²) >= 11 is 0. The lowest BCUT2D eigenvalue weighted by molar-refractivity contribution is 0.439. The lowest BCUT2D eigenvalue weighted by Crippen LogP contribution is -2.17. The molecule has 0 aromatic rings. The van der Waals surface area contributed by atoms with Crippen molar-refractivity contribution < 1.29 is 4.79 Å². The zero-order valence-corrected chi connectivity index (χ0v) is 6.73. The summed E-state index contributed by atoms with van der Waals surface area (Å²) in [6.45, 7) is 0. The van der Waals surface area contributed by atoms with Crippen LogP contribution in [0.15, 0.2) is 17.1 Å². The average Bonchev–Trinajstić information content (AvgIpc) is 2.15. The molecule has 0 N–H and O–H groups in total. The number of aliphatic imine (C=N–C) groups is 1. The smallest absolute Gasteiger partial charge is 0.211 e. The Morgan fingerprint density at radius 3 is 2.92 bits per heavy atom. The van der Waals surface area contributed by atoms with Gasteiger partial charge in [-0.2, -0.15) is 10.3 Å². The second kappa shape index (κ2) is 4.48. The minimum Gasteiger partial charge on any atom is -0.211 e. The van der Waals surface area contributed by atoms with Gasteiger partial charge in [0.05, 0.1) is 6.07 Å². The molecule has 0 amide bonds. The van der Waals surface area contributed by atoms with Gasteiger partial charge in [0.15, 0.2) is 6.04 Å². The number of nitrogens with zero attached hydrogens (tertiary/aromatic N) is 2. The number of nitriles is 1. The first-order chi connectivity index (χ1) is 5.88. The van der Waals surface area contributed by atoms with Crippen molar-refractivity contribution in [2.24, 2.45) is 10.9 Å². The van der Waals surface area contributed by atoms with E-state index in [9.17, 15) is 4.79 Å². The third-order valence-corrected chi connectivity index (χ3v) is 2.08. The summed E-state index contributed by atoms with van der Waals surface area (Å²) in [5.41, 5.74) is 0. The summed E-state index contributed by atoms with van der Waals surface area (Å²) in [6.07, 6.45) is 8.36. The first kappa shape index (κ1) is 8.70. The third kappa shape index (κ3) is 2.05. The largest absolute Gasteiger partial charge is 0.236 e. The number of hydrogen-bond acceptors (Lipinski definition) is 3.